The van der Waals surface area contributed by atoms with Crippen LogP contribution < -0.4 is 10.6 Å². The van der Waals surface area contributed by atoms with Gasteiger partial charge in [-0.3, -0.25) is 4.79 Å². The van der Waals surface area contributed by atoms with Crippen molar-refractivity contribution in [2.24, 2.45) is 0 Å². The van der Waals surface area contributed by atoms with Crippen LogP contribution in [0.2, 0.25) is 0 Å². The highest BCUT2D eigenvalue weighted by Crippen LogP contribution is 2.27. The summed E-state index contributed by atoms with van der Waals surface area (Å²) in [5, 5.41) is 5.95. The SMILES string of the molecule is CCNCCNC(=O)Cc1ccc(S(=O)(=O)N2CCCCC2)s1. The monoisotopic (exact) mass is 359 g/mol. The van der Waals surface area contributed by atoms with Gasteiger partial charge in [-0.25, -0.2) is 8.42 Å². The summed E-state index contributed by atoms with van der Waals surface area (Å²) in [4.78, 5) is 12.6. The Morgan fingerprint density at radius 3 is 2.65 bits per heavy atom. The number of hydrogen-bond donors (Lipinski definition) is 2. The molecule has 130 valence electrons. The molecule has 0 spiro atoms. The van der Waals surface area contributed by atoms with Crippen LogP contribution in [0.4, 0.5) is 0 Å². The minimum absolute atomic E-state index is 0.0772. The summed E-state index contributed by atoms with van der Waals surface area (Å²) in [6.45, 7) is 5.40. The highest BCUT2D eigenvalue weighted by molar-refractivity contribution is 7.91. The first-order valence-electron chi connectivity index (χ1n) is 8.10. The van der Waals surface area contributed by atoms with Gasteiger partial charge in [-0.15, -0.1) is 11.3 Å². The van der Waals surface area contributed by atoms with Crippen LogP contribution in [0.5, 0.6) is 0 Å². The maximum absolute atomic E-state index is 12.6. The molecule has 1 aromatic heterocycles. The van der Waals surface area contributed by atoms with E-state index in [0.29, 0.717) is 23.8 Å². The van der Waals surface area contributed by atoms with E-state index in [1.807, 2.05) is 6.92 Å². The first-order chi connectivity index (χ1) is 11.0. The van der Waals surface area contributed by atoms with Gasteiger partial charge < -0.3 is 10.6 Å². The maximum Gasteiger partial charge on any atom is 0.252 e. The Hall–Kier alpha value is -0.960. The summed E-state index contributed by atoms with van der Waals surface area (Å²) in [5.41, 5.74) is 0. The lowest BCUT2D eigenvalue weighted by Gasteiger charge is -2.25. The molecule has 2 heterocycles. The molecule has 0 saturated carbocycles. The summed E-state index contributed by atoms with van der Waals surface area (Å²) in [6, 6.07) is 3.36. The first kappa shape index (κ1) is 18.4. The second-order valence-electron chi connectivity index (χ2n) is 5.57. The van der Waals surface area contributed by atoms with E-state index in [-0.39, 0.29) is 12.3 Å². The van der Waals surface area contributed by atoms with Crippen molar-refractivity contribution in [1.29, 1.82) is 0 Å². The Morgan fingerprint density at radius 2 is 1.96 bits per heavy atom. The van der Waals surface area contributed by atoms with E-state index < -0.39 is 10.0 Å². The van der Waals surface area contributed by atoms with Crippen LogP contribution in [0.3, 0.4) is 0 Å². The lowest BCUT2D eigenvalue weighted by Crippen LogP contribution is -2.35. The number of carbonyl (C=O) groups excluding carboxylic acids is 1. The number of piperidine rings is 1. The van der Waals surface area contributed by atoms with Gasteiger partial charge in [0, 0.05) is 31.1 Å². The van der Waals surface area contributed by atoms with E-state index in [4.69, 9.17) is 0 Å². The molecule has 0 atom stereocenters. The minimum Gasteiger partial charge on any atom is -0.355 e. The van der Waals surface area contributed by atoms with Crippen molar-refractivity contribution in [3.05, 3.63) is 17.0 Å². The number of amides is 1. The molecule has 6 nitrogen and oxygen atoms in total. The molecule has 1 aliphatic heterocycles. The van der Waals surface area contributed by atoms with E-state index in [9.17, 15) is 13.2 Å². The summed E-state index contributed by atoms with van der Waals surface area (Å²) in [5.74, 6) is -0.0772. The molecule has 1 aliphatic rings. The molecule has 1 aromatic rings. The average Bonchev–Trinajstić information content (AvgIpc) is 3.02. The molecule has 2 N–H and O–H groups in total. The standard InChI is InChI=1S/C15H25N3O3S2/c1-2-16-8-9-17-14(19)12-13-6-7-15(22-13)23(20,21)18-10-4-3-5-11-18/h6-7,16H,2-5,8-12H2,1H3,(H,17,19). The van der Waals surface area contributed by atoms with Gasteiger partial charge in [0.15, 0.2) is 0 Å². The van der Waals surface area contributed by atoms with Gasteiger partial charge in [0.1, 0.15) is 4.21 Å². The molecule has 0 bridgehead atoms. The number of carbonyl (C=O) groups is 1. The number of nitrogens with zero attached hydrogens (tertiary/aromatic N) is 1. The number of sulfonamides is 1. The van der Waals surface area contributed by atoms with Crippen LogP contribution in [-0.2, 0) is 21.2 Å². The van der Waals surface area contributed by atoms with E-state index >= 15 is 0 Å². The van der Waals surface area contributed by atoms with E-state index in [1.54, 1.807) is 16.4 Å². The molecular weight excluding hydrogens is 334 g/mol. The maximum atomic E-state index is 12.6. The van der Waals surface area contributed by atoms with E-state index in [0.717, 1.165) is 37.2 Å². The quantitative estimate of drug-likeness (QED) is 0.684. The zero-order valence-corrected chi connectivity index (χ0v) is 15.1. The second kappa shape index (κ2) is 8.77. The minimum atomic E-state index is -3.39. The molecule has 0 aliphatic carbocycles. The van der Waals surface area contributed by atoms with Crippen LogP contribution in [0.25, 0.3) is 0 Å². The lowest BCUT2D eigenvalue weighted by atomic mass is 10.2. The third kappa shape index (κ3) is 5.27. The zero-order valence-electron chi connectivity index (χ0n) is 13.5. The van der Waals surface area contributed by atoms with E-state index in [2.05, 4.69) is 10.6 Å². The van der Waals surface area contributed by atoms with Gasteiger partial charge >= 0.3 is 0 Å². The van der Waals surface area contributed by atoms with Crippen molar-refractivity contribution in [2.75, 3.05) is 32.7 Å². The molecule has 0 unspecified atom stereocenters. The highest BCUT2D eigenvalue weighted by atomic mass is 32.2. The highest BCUT2D eigenvalue weighted by Gasteiger charge is 2.27. The van der Waals surface area contributed by atoms with Gasteiger partial charge in [-0.05, 0) is 31.5 Å². The summed E-state index contributed by atoms with van der Waals surface area (Å²) >= 11 is 1.20. The van der Waals surface area contributed by atoms with Crippen molar-refractivity contribution in [3.8, 4) is 0 Å². The first-order valence-corrected chi connectivity index (χ1v) is 10.4. The summed E-state index contributed by atoms with van der Waals surface area (Å²) < 4.78 is 27.0. The van der Waals surface area contributed by atoms with Gasteiger partial charge in [0.05, 0.1) is 6.42 Å². The number of nitrogens with one attached hydrogen (secondary N) is 2. The Morgan fingerprint density at radius 1 is 1.22 bits per heavy atom. The number of thiophene rings is 1. The molecule has 2 rings (SSSR count). The van der Waals surface area contributed by atoms with Crippen LogP contribution in [0, 0.1) is 0 Å². The normalized spacial score (nSPS) is 16.4. The number of likely N-dealkylation sites (N-methyl/N-ethyl adjacent to an activating group) is 1. The number of hydrogen-bond acceptors (Lipinski definition) is 5. The molecule has 0 aromatic carbocycles. The van der Waals surface area contributed by atoms with Crippen LogP contribution >= 0.6 is 11.3 Å². The van der Waals surface area contributed by atoms with Gasteiger partial charge in [0.25, 0.3) is 10.0 Å². The summed E-state index contributed by atoms with van der Waals surface area (Å²) in [7, 11) is -3.39. The molecular formula is C15H25N3O3S2. The van der Waals surface area contributed by atoms with Crippen molar-refractivity contribution >= 4 is 27.3 Å². The molecule has 0 radical (unpaired) electrons. The Labute approximate surface area is 142 Å². The Balaban J connectivity index is 1.90. The largest absolute Gasteiger partial charge is 0.355 e. The molecule has 1 fully saturated rings. The van der Waals surface area contributed by atoms with Crippen LogP contribution in [-0.4, -0.2) is 51.4 Å². The van der Waals surface area contributed by atoms with Crippen molar-refractivity contribution in [2.45, 2.75) is 36.8 Å². The van der Waals surface area contributed by atoms with Crippen molar-refractivity contribution in [1.82, 2.24) is 14.9 Å². The zero-order chi connectivity index (χ0) is 16.7. The predicted molar refractivity (Wildman–Crippen MR) is 92.2 cm³/mol. The summed E-state index contributed by atoms with van der Waals surface area (Å²) in [6.07, 6.45) is 3.17. The molecule has 23 heavy (non-hydrogen) atoms. The third-order valence-corrected chi connectivity index (χ3v) is 7.21. The lowest BCUT2D eigenvalue weighted by molar-refractivity contribution is -0.120. The fourth-order valence-electron chi connectivity index (χ4n) is 2.51. The molecule has 1 amide bonds. The third-order valence-electron chi connectivity index (χ3n) is 3.75. The van der Waals surface area contributed by atoms with E-state index in [1.165, 1.54) is 11.3 Å². The average molecular weight is 360 g/mol. The Bertz CT molecular complexity index is 607. The van der Waals surface area contributed by atoms with Gasteiger partial charge in [-0.2, -0.15) is 4.31 Å². The topological polar surface area (TPSA) is 78.5 Å². The molecule has 8 heteroatoms. The predicted octanol–water partition coefficient (Wildman–Crippen LogP) is 1.19. The van der Waals surface area contributed by atoms with Gasteiger partial charge in [0.2, 0.25) is 5.91 Å². The second-order valence-corrected chi connectivity index (χ2v) is 8.90. The van der Waals surface area contributed by atoms with Crippen LogP contribution in [0.1, 0.15) is 31.1 Å². The van der Waals surface area contributed by atoms with Crippen molar-refractivity contribution < 1.29 is 13.2 Å². The smallest absolute Gasteiger partial charge is 0.252 e. The fraction of sp³-hybridized carbons (Fsp3) is 0.667. The molecule has 1 saturated heterocycles. The van der Waals surface area contributed by atoms with Gasteiger partial charge in [-0.1, -0.05) is 13.3 Å². The van der Waals surface area contributed by atoms with Crippen molar-refractivity contribution in [3.63, 3.8) is 0 Å². The fourth-order valence-corrected chi connectivity index (χ4v) is 5.54. The number of rotatable bonds is 8. The van der Waals surface area contributed by atoms with Crippen LogP contribution in [0.15, 0.2) is 16.3 Å². The Kier molecular flexibility index (Phi) is 7.01.